The zero-order valence-corrected chi connectivity index (χ0v) is 9.38. The molecule has 0 fully saturated rings. The van der Waals surface area contributed by atoms with Gasteiger partial charge in [-0.05, 0) is 6.42 Å². The van der Waals surface area contributed by atoms with E-state index in [0.29, 0.717) is 5.82 Å². The van der Waals surface area contributed by atoms with Crippen molar-refractivity contribution in [3.8, 4) is 11.4 Å². The average molecular weight is 218 g/mol. The van der Waals surface area contributed by atoms with Gasteiger partial charge in [-0.1, -0.05) is 12.1 Å². The molecule has 0 saturated heterocycles. The molecule has 2 rings (SSSR count). The molecule has 0 amide bonds. The Balaban J connectivity index is 2.45. The van der Waals surface area contributed by atoms with Crippen LogP contribution in [-0.2, 0) is 13.5 Å². The summed E-state index contributed by atoms with van der Waals surface area (Å²) in [7, 11) is 1.82. The van der Waals surface area contributed by atoms with Crippen molar-refractivity contribution in [2.24, 2.45) is 7.05 Å². The van der Waals surface area contributed by atoms with Crippen molar-refractivity contribution < 1.29 is 0 Å². The standard InChI is InChI=1S/C10H14N6/c1-3-4-10-13-7(5-9(11)14-10)8-6-12-15-16(8)2/h5-6H,3-4H2,1-2H3,(H2,11,13,14). The fraction of sp³-hybridized carbons (Fsp3) is 0.400. The van der Waals surface area contributed by atoms with E-state index < -0.39 is 0 Å². The maximum absolute atomic E-state index is 5.74. The van der Waals surface area contributed by atoms with Gasteiger partial charge in [-0.2, -0.15) is 0 Å². The van der Waals surface area contributed by atoms with Crippen LogP contribution in [0.15, 0.2) is 12.3 Å². The van der Waals surface area contributed by atoms with E-state index in [1.165, 1.54) is 0 Å². The maximum atomic E-state index is 5.74. The lowest BCUT2D eigenvalue weighted by molar-refractivity contribution is 0.718. The number of anilines is 1. The van der Waals surface area contributed by atoms with Crippen molar-refractivity contribution in [3.05, 3.63) is 18.1 Å². The highest BCUT2D eigenvalue weighted by Gasteiger charge is 2.08. The third-order valence-electron chi connectivity index (χ3n) is 2.24. The van der Waals surface area contributed by atoms with E-state index in [4.69, 9.17) is 5.73 Å². The molecule has 2 aromatic heterocycles. The summed E-state index contributed by atoms with van der Waals surface area (Å²) in [6, 6.07) is 1.73. The third kappa shape index (κ3) is 2.00. The summed E-state index contributed by atoms with van der Waals surface area (Å²) in [5, 5.41) is 7.68. The first-order valence-corrected chi connectivity index (χ1v) is 5.19. The molecule has 0 atom stereocenters. The van der Waals surface area contributed by atoms with Gasteiger partial charge < -0.3 is 5.73 Å². The van der Waals surface area contributed by atoms with Gasteiger partial charge in [0.05, 0.1) is 11.9 Å². The summed E-state index contributed by atoms with van der Waals surface area (Å²) in [6.45, 7) is 2.08. The lowest BCUT2D eigenvalue weighted by Crippen LogP contribution is -2.03. The number of hydrogen-bond donors (Lipinski definition) is 1. The van der Waals surface area contributed by atoms with Gasteiger partial charge >= 0.3 is 0 Å². The van der Waals surface area contributed by atoms with Gasteiger partial charge in [0.1, 0.15) is 17.3 Å². The Bertz CT molecular complexity index is 490. The zero-order chi connectivity index (χ0) is 11.5. The highest BCUT2D eigenvalue weighted by atomic mass is 15.4. The minimum absolute atomic E-state index is 0.481. The predicted octanol–water partition coefficient (Wildman–Crippen LogP) is 0.807. The van der Waals surface area contributed by atoms with E-state index in [-0.39, 0.29) is 0 Å². The van der Waals surface area contributed by atoms with Gasteiger partial charge in [-0.25, -0.2) is 14.6 Å². The molecule has 0 spiro atoms. The van der Waals surface area contributed by atoms with Crippen molar-refractivity contribution in [1.82, 2.24) is 25.0 Å². The second-order valence-electron chi connectivity index (χ2n) is 3.59. The number of aromatic nitrogens is 5. The average Bonchev–Trinajstić information content (AvgIpc) is 2.64. The molecule has 6 heteroatoms. The summed E-state index contributed by atoms with van der Waals surface area (Å²) >= 11 is 0. The van der Waals surface area contributed by atoms with Crippen LogP contribution >= 0.6 is 0 Å². The number of nitrogen functional groups attached to an aromatic ring is 1. The van der Waals surface area contributed by atoms with Crippen LogP contribution in [0.2, 0.25) is 0 Å². The number of aryl methyl sites for hydroxylation is 2. The van der Waals surface area contributed by atoms with Crippen LogP contribution in [0.5, 0.6) is 0 Å². The summed E-state index contributed by atoms with van der Waals surface area (Å²) in [6.07, 6.45) is 3.48. The van der Waals surface area contributed by atoms with E-state index in [0.717, 1.165) is 30.1 Å². The molecule has 2 heterocycles. The lowest BCUT2D eigenvalue weighted by atomic mass is 10.2. The molecule has 0 aliphatic rings. The van der Waals surface area contributed by atoms with Gasteiger partial charge in [-0.3, -0.25) is 0 Å². The minimum Gasteiger partial charge on any atom is -0.384 e. The molecule has 0 aliphatic carbocycles. The summed E-state index contributed by atoms with van der Waals surface area (Å²) < 4.78 is 1.66. The Morgan fingerprint density at radius 3 is 2.81 bits per heavy atom. The zero-order valence-electron chi connectivity index (χ0n) is 9.38. The van der Waals surface area contributed by atoms with Gasteiger partial charge in [-0.15, -0.1) is 5.10 Å². The Morgan fingerprint density at radius 2 is 2.19 bits per heavy atom. The van der Waals surface area contributed by atoms with Crippen LogP contribution in [0.3, 0.4) is 0 Å². The summed E-state index contributed by atoms with van der Waals surface area (Å²) in [5.41, 5.74) is 7.35. The van der Waals surface area contributed by atoms with Gasteiger partial charge in [0.2, 0.25) is 0 Å². The molecule has 2 aromatic rings. The molecule has 84 valence electrons. The van der Waals surface area contributed by atoms with Gasteiger partial charge in [0.15, 0.2) is 0 Å². The highest BCUT2D eigenvalue weighted by Crippen LogP contribution is 2.17. The monoisotopic (exact) mass is 218 g/mol. The molecule has 16 heavy (non-hydrogen) atoms. The molecule has 2 N–H and O–H groups in total. The number of rotatable bonds is 3. The van der Waals surface area contributed by atoms with Crippen molar-refractivity contribution >= 4 is 5.82 Å². The first-order valence-electron chi connectivity index (χ1n) is 5.19. The van der Waals surface area contributed by atoms with Crippen molar-refractivity contribution in [2.45, 2.75) is 19.8 Å². The smallest absolute Gasteiger partial charge is 0.131 e. The lowest BCUT2D eigenvalue weighted by Gasteiger charge is -2.04. The highest BCUT2D eigenvalue weighted by molar-refractivity contribution is 5.56. The fourth-order valence-electron chi connectivity index (χ4n) is 1.51. The van der Waals surface area contributed by atoms with Crippen molar-refractivity contribution in [3.63, 3.8) is 0 Å². The molecule has 6 nitrogen and oxygen atoms in total. The number of nitrogens with zero attached hydrogens (tertiary/aromatic N) is 5. The van der Waals surface area contributed by atoms with Crippen LogP contribution < -0.4 is 5.73 Å². The molecule has 0 aliphatic heterocycles. The maximum Gasteiger partial charge on any atom is 0.131 e. The summed E-state index contributed by atoms with van der Waals surface area (Å²) in [4.78, 5) is 8.61. The van der Waals surface area contributed by atoms with E-state index in [9.17, 15) is 0 Å². The first kappa shape index (κ1) is 10.5. The first-order chi connectivity index (χ1) is 7.70. The third-order valence-corrected chi connectivity index (χ3v) is 2.24. The van der Waals surface area contributed by atoms with E-state index >= 15 is 0 Å². The molecular weight excluding hydrogens is 204 g/mol. The van der Waals surface area contributed by atoms with Gasteiger partial charge in [0, 0.05) is 19.5 Å². The van der Waals surface area contributed by atoms with E-state index in [2.05, 4.69) is 27.2 Å². The Kier molecular flexibility index (Phi) is 2.80. The topological polar surface area (TPSA) is 82.5 Å². The van der Waals surface area contributed by atoms with Crippen LogP contribution in [-0.4, -0.2) is 25.0 Å². The molecule has 0 radical (unpaired) electrons. The van der Waals surface area contributed by atoms with Crippen LogP contribution in [0.1, 0.15) is 19.2 Å². The summed E-state index contributed by atoms with van der Waals surface area (Å²) in [5.74, 6) is 1.24. The Labute approximate surface area is 93.5 Å². The predicted molar refractivity (Wildman–Crippen MR) is 60.4 cm³/mol. The Morgan fingerprint density at radius 1 is 1.38 bits per heavy atom. The van der Waals surface area contributed by atoms with Crippen molar-refractivity contribution in [2.75, 3.05) is 5.73 Å². The molecular formula is C10H14N6. The quantitative estimate of drug-likeness (QED) is 0.824. The molecule has 0 saturated carbocycles. The molecule has 0 aromatic carbocycles. The second kappa shape index (κ2) is 4.26. The SMILES string of the molecule is CCCc1nc(N)cc(-c2cnnn2C)n1. The molecule has 0 unspecified atom stereocenters. The van der Waals surface area contributed by atoms with Gasteiger partial charge in [0.25, 0.3) is 0 Å². The van der Waals surface area contributed by atoms with Crippen LogP contribution in [0.4, 0.5) is 5.82 Å². The Hall–Kier alpha value is -1.98. The number of nitrogens with two attached hydrogens (primary N) is 1. The largest absolute Gasteiger partial charge is 0.384 e. The van der Waals surface area contributed by atoms with Crippen LogP contribution in [0, 0.1) is 0 Å². The minimum atomic E-state index is 0.481. The van der Waals surface area contributed by atoms with Crippen LogP contribution in [0.25, 0.3) is 11.4 Å². The normalized spacial score (nSPS) is 10.6. The van der Waals surface area contributed by atoms with Crippen molar-refractivity contribution in [1.29, 1.82) is 0 Å². The molecule has 0 bridgehead atoms. The van der Waals surface area contributed by atoms with E-state index in [1.54, 1.807) is 16.9 Å². The second-order valence-corrected chi connectivity index (χ2v) is 3.59. The fourth-order valence-corrected chi connectivity index (χ4v) is 1.51. The number of hydrogen-bond acceptors (Lipinski definition) is 5. The van der Waals surface area contributed by atoms with E-state index in [1.807, 2.05) is 7.05 Å².